The van der Waals surface area contributed by atoms with Crippen LogP contribution in [0.2, 0.25) is 0 Å². The summed E-state index contributed by atoms with van der Waals surface area (Å²) in [6.45, 7) is 3.89. The van der Waals surface area contributed by atoms with E-state index in [0.29, 0.717) is 0 Å². The van der Waals surface area contributed by atoms with Crippen LogP contribution in [0, 0.1) is 5.82 Å². The second-order valence-corrected chi connectivity index (χ2v) is 5.61. The van der Waals surface area contributed by atoms with Crippen molar-refractivity contribution in [1.29, 1.82) is 0 Å². The highest BCUT2D eigenvalue weighted by atomic mass is 127. The largest absolute Gasteiger partial charge is 0.356 e. The topological polar surface area (TPSA) is 54.2 Å². The van der Waals surface area contributed by atoms with Crippen molar-refractivity contribution in [3.05, 3.63) is 48.0 Å². The van der Waals surface area contributed by atoms with Crippen molar-refractivity contribution in [3.63, 3.8) is 0 Å². The zero-order chi connectivity index (χ0) is 17.2. The highest BCUT2D eigenvalue weighted by Gasteiger charge is 2.03. The molecule has 0 radical (unpaired) electrons. The fourth-order valence-electron chi connectivity index (χ4n) is 2.34. The number of hydrogen-bond donors (Lipinski definition) is 2. The van der Waals surface area contributed by atoms with E-state index in [2.05, 4.69) is 27.6 Å². The van der Waals surface area contributed by atoms with Gasteiger partial charge >= 0.3 is 0 Å². The van der Waals surface area contributed by atoms with Crippen molar-refractivity contribution in [1.82, 2.24) is 20.4 Å². The first kappa shape index (κ1) is 21.4. The van der Waals surface area contributed by atoms with E-state index in [1.807, 2.05) is 12.3 Å². The number of aliphatic imine (C=N–C) groups is 1. The summed E-state index contributed by atoms with van der Waals surface area (Å²) in [5.74, 6) is 0.581. The minimum Gasteiger partial charge on any atom is -0.356 e. The van der Waals surface area contributed by atoms with Crippen LogP contribution in [0.1, 0.15) is 31.9 Å². The molecule has 2 N–H and O–H groups in total. The third-order valence-electron chi connectivity index (χ3n) is 3.71. The SMILES string of the molecule is CCCCCNC(=NC)NCCc1ccn(-c2ccc(F)cc2)n1.I. The lowest BCUT2D eigenvalue weighted by atomic mass is 10.2. The van der Waals surface area contributed by atoms with Gasteiger partial charge in [0.1, 0.15) is 5.82 Å². The summed E-state index contributed by atoms with van der Waals surface area (Å²) < 4.78 is 14.7. The van der Waals surface area contributed by atoms with Gasteiger partial charge in [0.2, 0.25) is 0 Å². The van der Waals surface area contributed by atoms with Gasteiger partial charge in [-0.3, -0.25) is 4.99 Å². The first-order valence-corrected chi connectivity index (χ1v) is 8.48. The Hall–Kier alpha value is -1.64. The third-order valence-corrected chi connectivity index (χ3v) is 3.71. The van der Waals surface area contributed by atoms with Gasteiger partial charge < -0.3 is 10.6 Å². The molecule has 0 amide bonds. The number of nitrogens with zero attached hydrogens (tertiary/aromatic N) is 3. The Balaban J connectivity index is 0.00000312. The molecule has 0 saturated heterocycles. The van der Waals surface area contributed by atoms with Crippen LogP contribution in [0.3, 0.4) is 0 Å². The fourth-order valence-corrected chi connectivity index (χ4v) is 2.34. The Morgan fingerprint density at radius 3 is 2.52 bits per heavy atom. The summed E-state index contributed by atoms with van der Waals surface area (Å²) in [5, 5.41) is 11.1. The zero-order valence-electron chi connectivity index (χ0n) is 14.8. The van der Waals surface area contributed by atoms with E-state index in [-0.39, 0.29) is 29.8 Å². The maximum absolute atomic E-state index is 13.0. The average molecular weight is 459 g/mol. The Bertz CT molecular complexity index is 639. The fraction of sp³-hybridized carbons (Fsp3) is 0.444. The second kappa shape index (κ2) is 11.8. The maximum atomic E-state index is 13.0. The predicted octanol–water partition coefficient (Wildman–Crippen LogP) is 3.53. The van der Waals surface area contributed by atoms with Gasteiger partial charge in [-0.15, -0.1) is 24.0 Å². The van der Waals surface area contributed by atoms with Gasteiger partial charge in [0.25, 0.3) is 0 Å². The van der Waals surface area contributed by atoms with Crippen LogP contribution < -0.4 is 10.6 Å². The van der Waals surface area contributed by atoms with Gasteiger partial charge in [0.15, 0.2) is 5.96 Å². The normalized spacial score (nSPS) is 11.1. The molecule has 0 unspecified atom stereocenters. The van der Waals surface area contributed by atoms with Gasteiger partial charge in [-0.2, -0.15) is 5.10 Å². The smallest absolute Gasteiger partial charge is 0.190 e. The molecule has 5 nitrogen and oxygen atoms in total. The molecular weight excluding hydrogens is 432 g/mol. The molecule has 2 rings (SSSR count). The number of unbranched alkanes of at least 4 members (excludes halogenated alkanes) is 2. The van der Waals surface area contributed by atoms with Gasteiger partial charge in [-0.25, -0.2) is 9.07 Å². The van der Waals surface area contributed by atoms with E-state index in [4.69, 9.17) is 0 Å². The molecule has 7 heteroatoms. The molecule has 0 aliphatic rings. The Labute approximate surface area is 166 Å². The monoisotopic (exact) mass is 459 g/mol. The second-order valence-electron chi connectivity index (χ2n) is 5.61. The molecule has 0 bridgehead atoms. The van der Waals surface area contributed by atoms with Crippen LogP contribution in [0.4, 0.5) is 4.39 Å². The first-order valence-electron chi connectivity index (χ1n) is 8.48. The third kappa shape index (κ3) is 7.41. The molecule has 0 saturated carbocycles. The summed E-state index contributed by atoms with van der Waals surface area (Å²) in [7, 11) is 1.78. The predicted molar refractivity (Wildman–Crippen MR) is 112 cm³/mol. The van der Waals surface area contributed by atoms with Crippen molar-refractivity contribution in [2.75, 3.05) is 20.1 Å². The van der Waals surface area contributed by atoms with Crippen LogP contribution in [-0.2, 0) is 6.42 Å². The number of aromatic nitrogens is 2. The molecule has 0 aliphatic heterocycles. The van der Waals surface area contributed by atoms with Gasteiger partial charge in [0.05, 0.1) is 11.4 Å². The van der Waals surface area contributed by atoms with E-state index in [1.54, 1.807) is 23.9 Å². The zero-order valence-corrected chi connectivity index (χ0v) is 17.2. The summed E-state index contributed by atoms with van der Waals surface area (Å²) in [5.41, 5.74) is 1.83. The molecular formula is C18H27FIN5. The molecule has 25 heavy (non-hydrogen) atoms. The summed E-state index contributed by atoms with van der Waals surface area (Å²) in [4.78, 5) is 4.21. The lowest BCUT2D eigenvalue weighted by Gasteiger charge is -2.11. The quantitative estimate of drug-likeness (QED) is 0.275. The molecule has 1 aromatic carbocycles. The maximum Gasteiger partial charge on any atom is 0.190 e. The molecule has 1 heterocycles. The van der Waals surface area contributed by atoms with Crippen molar-refractivity contribution in [3.8, 4) is 5.69 Å². The van der Waals surface area contributed by atoms with Crippen molar-refractivity contribution < 1.29 is 4.39 Å². The van der Waals surface area contributed by atoms with Crippen molar-refractivity contribution >= 4 is 29.9 Å². The van der Waals surface area contributed by atoms with Crippen LogP contribution in [-0.4, -0.2) is 35.9 Å². The van der Waals surface area contributed by atoms with E-state index in [1.165, 1.54) is 25.0 Å². The molecule has 1 aromatic heterocycles. The van der Waals surface area contributed by atoms with Crippen LogP contribution in [0.15, 0.2) is 41.5 Å². The van der Waals surface area contributed by atoms with Crippen molar-refractivity contribution in [2.24, 2.45) is 4.99 Å². The Morgan fingerprint density at radius 2 is 1.84 bits per heavy atom. The number of nitrogens with one attached hydrogen (secondary N) is 2. The lowest BCUT2D eigenvalue weighted by Crippen LogP contribution is -2.38. The van der Waals surface area contributed by atoms with E-state index in [0.717, 1.165) is 43.3 Å². The summed E-state index contributed by atoms with van der Waals surface area (Å²) in [6.07, 6.45) is 6.28. The van der Waals surface area contributed by atoms with Gasteiger partial charge in [-0.1, -0.05) is 19.8 Å². The minimum absolute atomic E-state index is 0. The standard InChI is InChI=1S/C18H26FN5.HI/c1-3-4-5-12-21-18(20-2)22-13-10-16-11-14-24(23-16)17-8-6-15(19)7-9-17;/h6-9,11,14H,3-5,10,12-13H2,1-2H3,(H2,20,21,22);1H. The molecule has 0 spiro atoms. The number of guanidine groups is 1. The summed E-state index contributed by atoms with van der Waals surface area (Å²) in [6, 6.07) is 8.28. The summed E-state index contributed by atoms with van der Waals surface area (Å²) >= 11 is 0. The highest BCUT2D eigenvalue weighted by molar-refractivity contribution is 14.0. The van der Waals surface area contributed by atoms with E-state index < -0.39 is 0 Å². The van der Waals surface area contributed by atoms with Crippen LogP contribution in [0.25, 0.3) is 5.69 Å². The van der Waals surface area contributed by atoms with Gasteiger partial charge in [0, 0.05) is 32.8 Å². The minimum atomic E-state index is -0.242. The number of hydrogen-bond acceptors (Lipinski definition) is 2. The average Bonchev–Trinajstić information content (AvgIpc) is 3.06. The van der Waals surface area contributed by atoms with Gasteiger partial charge in [-0.05, 0) is 36.8 Å². The highest BCUT2D eigenvalue weighted by Crippen LogP contribution is 2.09. The molecule has 138 valence electrons. The molecule has 2 aromatic rings. The van der Waals surface area contributed by atoms with Crippen LogP contribution in [0.5, 0.6) is 0 Å². The lowest BCUT2D eigenvalue weighted by molar-refractivity contribution is 0.627. The number of halogens is 2. The number of benzene rings is 1. The Kier molecular flexibility index (Phi) is 10.1. The van der Waals surface area contributed by atoms with Crippen LogP contribution >= 0.6 is 24.0 Å². The molecule has 0 fully saturated rings. The van der Waals surface area contributed by atoms with E-state index in [9.17, 15) is 4.39 Å². The van der Waals surface area contributed by atoms with E-state index >= 15 is 0 Å². The Morgan fingerprint density at radius 1 is 1.12 bits per heavy atom. The first-order chi connectivity index (χ1) is 11.7. The number of rotatable bonds is 8. The molecule has 0 aliphatic carbocycles. The van der Waals surface area contributed by atoms with Crippen molar-refractivity contribution in [2.45, 2.75) is 32.6 Å². The molecule has 0 atom stereocenters.